The molecule has 0 heterocycles. The number of halogens is 4. The number of nitrogens with one attached hydrogen (secondary N) is 1. The Bertz CT molecular complexity index is 572. The minimum atomic E-state index is -2.48. The molecule has 1 N–H and O–H groups in total. The van der Waals surface area contributed by atoms with Gasteiger partial charge >= 0.3 is 0 Å². The van der Waals surface area contributed by atoms with Crippen LogP contribution in [0.25, 0.3) is 0 Å². The Morgan fingerprint density at radius 2 is 1.89 bits per heavy atom. The fraction of sp³-hybridized carbons (Fsp3) is 0.143. The monoisotopic (exact) mass is 329 g/mol. The Hall–Kier alpha value is -1.49. The van der Waals surface area contributed by atoms with Crippen LogP contribution in [0.3, 0.4) is 0 Å². The van der Waals surface area contributed by atoms with Gasteiger partial charge in [-0.1, -0.05) is 18.2 Å². The standard InChI is InChI=1S/C14H11BrF3N/c15-12-5-4-11(7-13(12)16)19-8-9-2-1-3-10(6-9)14(17)18/h1-7,14,19H,8H2. The molecule has 5 heteroatoms. The predicted octanol–water partition coefficient (Wildman–Crippen LogP) is 5.14. The van der Waals surface area contributed by atoms with E-state index in [9.17, 15) is 13.2 Å². The summed E-state index contributed by atoms with van der Waals surface area (Å²) < 4.78 is 38.7. The van der Waals surface area contributed by atoms with Crippen LogP contribution in [0.5, 0.6) is 0 Å². The van der Waals surface area contributed by atoms with Crippen molar-refractivity contribution < 1.29 is 13.2 Å². The lowest BCUT2D eigenvalue weighted by molar-refractivity contribution is 0.151. The highest BCUT2D eigenvalue weighted by atomic mass is 79.9. The second-order valence-corrected chi connectivity index (χ2v) is 4.88. The summed E-state index contributed by atoms with van der Waals surface area (Å²) in [5.41, 5.74) is 1.31. The molecule has 0 amide bonds. The Morgan fingerprint density at radius 3 is 2.58 bits per heavy atom. The lowest BCUT2D eigenvalue weighted by atomic mass is 10.1. The van der Waals surface area contributed by atoms with Gasteiger partial charge < -0.3 is 5.32 Å². The molecule has 2 rings (SSSR count). The number of alkyl halides is 2. The zero-order valence-electron chi connectivity index (χ0n) is 9.84. The van der Waals surface area contributed by atoms with Gasteiger partial charge in [0.25, 0.3) is 6.43 Å². The second kappa shape index (κ2) is 6.10. The van der Waals surface area contributed by atoms with Gasteiger partial charge in [0.15, 0.2) is 0 Å². The molecule has 0 unspecified atom stereocenters. The largest absolute Gasteiger partial charge is 0.381 e. The Labute approximate surface area is 117 Å². The molecule has 0 fully saturated rings. The molecule has 0 spiro atoms. The first-order valence-corrected chi connectivity index (χ1v) is 6.41. The van der Waals surface area contributed by atoms with Crippen LogP contribution in [-0.4, -0.2) is 0 Å². The van der Waals surface area contributed by atoms with E-state index in [1.54, 1.807) is 24.3 Å². The topological polar surface area (TPSA) is 12.0 Å². The van der Waals surface area contributed by atoms with Crippen LogP contribution in [0.1, 0.15) is 17.6 Å². The third kappa shape index (κ3) is 3.73. The molecular weight excluding hydrogens is 319 g/mol. The lowest BCUT2D eigenvalue weighted by Gasteiger charge is -2.08. The number of hydrogen-bond acceptors (Lipinski definition) is 1. The maximum atomic E-state index is 13.3. The number of anilines is 1. The van der Waals surface area contributed by atoms with Gasteiger partial charge in [-0.2, -0.15) is 0 Å². The van der Waals surface area contributed by atoms with Crippen LogP contribution in [0, 0.1) is 5.82 Å². The molecule has 0 saturated carbocycles. The average Bonchev–Trinajstić information content (AvgIpc) is 2.40. The van der Waals surface area contributed by atoms with Crippen LogP contribution in [0.15, 0.2) is 46.9 Å². The first-order valence-electron chi connectivity index (χ1n) is 5.62. The minimum Gasteiger partial charge on any atom is -0.381 e. The summed E-state index contributed by atoms with van der Waals surface area (Å²) in [6.45, 7) is 0.363. The summed E-state index contributed by atoms with van der Waals surface area (Å²) >= 11 is 3.06. The number of benzene rings is 2. The van der Waals surface area contributed by atoms with Gasteiger partial charge in [-0.15, -0.1) is 0 Å². The summed E-state index contributed by atoms with van der Waals surface area (Å²) in [6.07, 6.45) is -2.48. The molecule has 19 heavy (non-hydrogen) atoms. The van der Waals surface area contributed by atoms with Crippen molar-refractivity contribution in [3.63, 3.8) is 0 Å². The van der Waals surface area contributed by atoms with Gasteiger partial charge in [-0.3, -0.25) is 0 Å². The SMILES string of the molecule is Fc1cc(NCc2cccc(C(F)F)c2)ccc1Br. The molecule has 0 atom stereocenters. The van der Waals surface area contributed by atoms with Crippen LogP contribution in [-0.2, 0) is 6.54 Å². The van der Waals surface area contributed by atoms with E-state index in [0.29, 0.717) is 16.7 Å². The van der Waals surface area contributed by atoms with Gasteiger partial charge in [0.2, 0.25) is 0 Å². The molecule has 1 nitrogen and oxygen atoms in total. The molecule has 2 aromatic carbocycles. The van der Waals surface area contributed by atoms with Gasteiger partial charge in [0, 0.05) is 17.8 Å². The Balaban J connectivity index is 2.05. The molecule has 0 bridgehead atoms. The van der Waals surface area contributed by atoms with E-state index in [1.807, 2.05) is 0 Å². The molecule has 0 aliphatic rings. The number of hydrogen-bond donors (Lipinski definition) is 1. The van der Waals surface area contributed by atoms with Crippen LogP contribution in [0.4, 0.5) is 18.9 Å². The molecule has 2 aromatic rings. The van der Waals surface area contributed by atoms with E-state index in [4.69, 9.17) is 0 Å². The predicted molar refractivity (Wildman–Crippen MR) is 72.8 cm³/mol. The van der Waals surface area contributed by atoms with Gasteiger partial charge in [-0.25, -0.2) is 13.2 Å². The zero-order chi connectivity index (χ0) is 13.8. The fourth-order valence-electron chi connectivity index (χ4n) is 1.65. The van der Waals surface area contributed by atoms with Crippen molar-refractivity contribution in [1.82, 2.24) is 0 Å². The summed E-state index contributed by atoms with van der Waals surface area (Å²) in [6, 6.07) is 10.8. The number of rotatable bonds is 4. The highest BCUT2D eigenvalue weighted by Crippen LogP contribution is 2.22. The van der Waals surface area contributed by atoms with E-state index in [0.717, 1.165) is 5.56 Å². The van der Waals surface area contributed by atoms with Crippen molar-refractivity contribution in [3.8, 4) is 0 Å². The van der Waals surface area contributed by atoms with Crippen LogP contribution < -0.4 is 5.32 Å². The van der Waals surface area contributed by atoms with Crippen molar-refractivity contribution in [3.05, 3.63) is 63.9 Å². The van der Waals surface area contributed by atoms with Crippen LogP contribution in [0.2, 0.25) is 0 Å². The average molecular weight is 330 g/mol. The van der Waals surface area contributed by atoms with E-state index in [-0.39, 0.29) is 11.4 Å². The first-order chi connectivity index (χ1) is 9.06. The summed E-state index contributed by atoms with van der Waals surface area (Å²) in [7, 11) is 0. The maximum Gasteiger partial charge on any atom is 0.263 e. The molecule has 0 aliphatic carbocycles. The fourth-order valence-corrected chi connectivity index (χ4v) is 1.90. The van der Waals surface area contributed by atoms with Gasteiger partial charge in [-0.05, 0) is 45.8 Å². The molecule has 0 saturated heterocycles. The van der Waals surface area contributed by atoms with E-state index in [2.05, 4.69) is 21.2 Å². The molecule has 0 aliphatic heterocycles. The maximum absolute atomic E-state index is 13.3. The zero-order valence-corrected chi connectivity index (χ0v) is 11.4. The van der Waals surface area contributed by atoms with Crippen LogP contribution >= 0.6 is 15.9 Å². The van der Waals surface area contributed by atoms with Gasteiger partial charge in [0.1, 0.15) is 5.82 Å². The second-order valence-electron chi connectivity index (χ2n) is 4.03. The van der Waals surface area contributed by atoms with Crippen molar-refractivity contribution in [2.45, 2.75) is 13.0 Å². The minimum absolute atomic E-state index is 0.0127. The Kier molecular flexibility index (Phi) is 4.47. The highest BCUT2D eigenvalue weighted by molar-refractivity contribution is 9.10. The summed E-state index contributed by atoms with van der Waals surface area (Å²) in [5.74, 6) is -0.369. The Morgan fingerprint density at radius 1 is 1.11 bits per heavy atom. The van der Waals surface area contributed by atoms with Crippen molar-refractivity contribution in [2.24, 2.45) is 0 Å². The third-order valence-electron chi connectivity index (χ3n) is 2.62. The molecule has 100 valence electrons. The van der Waals surface area contributed by atoms with Gasteiger partial charge in [0.05, 0.1) is 4.47 Å². The molecular formula is C14H11BrF3N. The van der Waals surface area contributed by atoms with Crippen molar-refractivity contribution >= 4 is 21.6 Å². The van der Waals surface area contributed by atoms with E-state index < -0.39 is 6.43 Å². The lowest BCUT2D eigenvalue weighted by Crippen LogP contribution is -2.00. The summed E-state index contributed by atoms with van der Waals surface area (Å²) in [4.78, 5) is 0. The van der Waals surface area contributed by atoms with Crippen molar-refractivity contribution in [1.29, 1.82) is 0 Å². The van der Waals surface area contributed by atoms with Crippen molar-refractivity contribution in [2.75, 3.05) is 5.32 Å². The third-order valence-corrected chi connectivity index (χ3v) is 3.26. The van der Waals surface area contributed by atoms with E-state index in [1.165, 1.54) is 18.2 Å². The first kappa shape index (κ1) is 13.9. The summed E-state index contributed by atoms with van der Waals surface area (Å²) in [5, 5.41) is 2.99. The van der Waals surface area contributed by atoms with E-state index >= 15 is 0 Å². The molecule has 0 aromatic heterocycles. The molecule has 0 radical (unpaired) electrons. The highest BCUT2D eigenvalue weighted by Gasteiger charge is 2.07. The smallest absolute Gasteiger partial charge is 0.263 e. The quantitative estimate of drug-likeness (QED) is 0.819. The normalized spacial score (nSPS) is 10.8.